The van der Waals surface area contributed by atoms with Crippen molar-refractivity contribution in [1.29, 1.82) is 0 Å². The molecule has 0 unspecified atom stereocenters. The number of nitrogens with zero attached hydrogens (tertiary/aromatic N) is 4. The molecule has 0 amide bonds. The number of aromatic amines is 1. The van der Waals surface area contributed by atoms with Crippen LogP contribution < -0.4 is 5.43 Å². The van der Waals surface area contributed by atoms with Crippen LogP contribution in [0.15, 0.2) is 50.4 Å². The lowest BCUT2D eigenvalue weighted by Gasteiger charge is -1.97. The number of benzene rings is 1. The molecule has 1 aromatic carbocycles. The number of hydrogen-bond acceptors (Lipinski definition) is 6. The molecule has 0 aliphatic heterocycles. The van der Waals surface area contributed by atoms with E-state index in [1.807, 2.05) is 36.4 Å². The molecule has 3 rings (SSSR count). The summed E-state index contributed by atoms with van der Waals surface area (Å²) in [5.41, 5.74) is 3.61. The fraction of sp³-hybridized carbons (Fsp3) is 0. The highest BCUT2D eigenvalue weighted by Crippen LogP contribution is 2.24. The van der Waals surface area contributed by atoms with E-state index in [2.05, 4.69) is 47.1 Å². The lowest BCUT2D eigenvalue weighted by molar-refractivity contribution is 0.575. The molecular weight excluding hydrogens is 324 g/mol. The molecule has 2 aromatic heterocycles. The minimum Gasteiger partial charge on any atom is -0.455 e. The van der Waals surface area contributed by atoms with Crippen molar-refractivity contribution < 1.29 is 4.42 Å². The molecule has 0 bridgehead atoms. The van der Waals surface area contributed by atoms with Crippen molar-refractivity contribution in [2.45, 2.75) is 0 Å². The predicted octanol–water partition coefficient (Wildman–Crippen LogP) is 2.67. The van der Waals surface area contributed by atoms with Gasteiger partial charge in [0.15, 0.2) is 0 Å². The van der Waals surface area contributed by atoms with E-state index in [4.69, 9.17) is 4.42 Å². The van der Waals surface area contributed by atoms with Gasteiger partial charge in [0.2, 0.25) is 0 Å². The van der Waals surface area contributed by atoms with Gasteiger partial charge in [0.1, 0.15) is 11.5 Å². The zero-order valence-corrected chi connectivity index (χ0v) is 11.7. The van der Waals surface area contributed by atoms with E-state index in [-0.39, 0.29) is 0 Å². The fourth-order valence-electron chi connectivity index (χ4n) is 1.58. The van der Waals surface area contributed by atoms with Crippen LogP contribution in [0, 0.1) is 0 Å². The van der Waals surface area contributed by atoms with Gasteiger partial charge >= 0.3 is 0 Å². The van der Waals surface area contributed by atoms with E-state index in [1.165, 1.54) is 6.21 Å². The molecule has 0 spiro atoms. The van der Waals surface area contributed by atoms with Crippen LogP contribution in [0.2, 0.25) is 0 Å². The van der Waals surface area contributed by atoms with Gasteiger partial charge in [-0.3, -0.25) is 0 Å². The van der Waals surface area contributed by atoms with Crippen LogP contribution in [-0.2, 0) is 0 Å². The molecule has 8 heteroatoms. The number of aromatic nitrogens is 4. The summed E-state index contributed by atoms with van der Waals surface area (Å²) in [6.45, 7) is 0. The number of rotatable bonds is 4. The second-order valence-electron chi connectivity index (χ2n) is 3.82. The summed E-state index contributed by atoms with van der Waals surface area (Å²) in [7, 11) is 0. The van der Waals surface area contributed by atoms with Gasteiger partial charge in [-0.15, -0.1) is 5.10 Å². The molecule has 3 aromatic rings. The first-order valence-electron chi connectivity index (χ1n) is 5.69. The Hall–Kier alpha value is -2.48. The third-order valence-corrected chi connectivity index (χ3v) is 2.93. The number of hydrogen-bond donors (Lipinski definition) is 2. The van der Waals surface area contributed by atoms with Crippen molar-refractivity contribution in [2.24, 2.45) is 5.10 Å². The van der Waals surface area contributed by atoms with Gasteiger partial charge in [0.05, 0.1) is 6.21 Å². The van der Waals surface area contributed by atoms with Gasteiger partial charge in [0, 0.05) is 10.0 Å². The molecule has 0 atom stereocenters. The maximum absolute atomic E-state index is 5.67. The van der Waals surface area contributed by atoms with Gasteiger partial charge in [-0.2, -0.15) is 10.3 Å². The van der Waals surface area contributed by atoms with E-state index in [0.717, 1.165) is 15.8 Å². The molecule has 2 N–H and O–H groups in total. The monoisotopic (exact) mass is 332 g/mol. The Kier molecular flexibility index (Phi) is 3.55. The summed E-state index contributed by atoms with van der Waals surface area (Å²) >= 11 is 3.43. The van der Waals surface area contributed by atoms with Gasteiger partial charge in [-0.25, -0.2) is 5.43 Å². The summed E-state index contributed by atoms with van der Waals surface area (Å²) in [6, 6.07) is 11.6. The molecule has 20 heavy (non-hydrogen) atoms. The highest BCUT2D eigenvalue weighted by molar-refractivity contribution is 9.10. The molecule has 2 heterocycles. The Bertz CT molecular complexity index is 721. The summed E-state index contributed by atoms with van der Waals surface area (Å²) in [5, 5.41) is 17.1. The predicted molar refractivity (Wildman–Crippen MR) is 77.2 cm³/mol. The minimum absolute atomic E-state index is 0.292. The number of H-pyrrole nitrogens is 1. The zero-order chi connectivity index (χ0) is 13.8. The number of furan rings is 1. The first-order valence-corrected chi connectivity index (χ1v) is 6.49. The lowest BCUT2D eigenvalue weighted by Crippen LogP contribution is -1.91. The van der Waals surface area contributed by atoms with Gasteiger partial charge in [-0.1, -0.05) is 33.2 Å². The minimum atomic E-state index is 0.292. The van der Waals surface area contributed by atoms with E-state index in [1.54, 1.807) is 0 Å². The largest absolute Gasteiger partial charge is 0.455 e. The van der Waals surface area contributed by atoms with Gasteiger partial charge < -0.3 is 4.42 Å². The smallest absolute Gasteiger partial charge is 0.283 e. The third-order valence-electron chi connectivity index (χ3n) is 2.44. The molecule has 7 nitrogen and oxygen atoms in total. The Balaban J connectivity index is 1.72. The van der Waals surface area contributed by atoms with E-state index < -0.39 is 0 Å². The van der Waals surface area contributed by atoms with E-state index in [0.29, 0.717) is 11.7 Å². The van der Waals surface area contributed by atoms with Crippen LogP contribution in [0.5, 0.6) is 0 Å². The second kappa shape index (κ2) is 5.66. The standard InChI is InChI=1S/C12H9BrN6O/c13-9-3-1-2-8(6-9)11-5-4-10(20-11)7-14-15-12-16-18-19-17-12/h1-7H,(H2,15,16,17,18,19)/b14-7+. The maximum atomic E-state index is 5.67. The highest BCUT2D eigenvalue weighted by Gasteiger charge is 2.03. The van der Waals surface area contributed by atoms with Gasteiger partial charge in [0.25, 0.3) is 5.95 Å². The maximum Gasteiger partial charge on any atom is 0.283 e. The number of hydrazone groups is 1. The van der Waals surface area contributed by atoms with E-state index in [9.17, 15) is 0 Å². The third kappa shape index (κ3) is 2.91. The molecule has 0 aliphatic rings. The Morgan fingerprint density at radius 3 is 3.05 bits per heavy atom. The number of tetrazole rings is 1. The molecule has 0 fully saturated rings. The van der Waals surface area contributed by atoms with Crippen LogP contribution in [0.1, 0.15) is 5.76 Å². The van der Waals surface area contributed by atoms with Crippen molar-refractivity contribution in [1.82, 2.24) is 20.6 Å². The van der Waals surface area contributed by atoms with Crippen molar-refractivity contribution >= 4 is 28.1 Å². The Morgan fingerprint density at radius 2 is 2.25 bits per heavy atom. The second-order valence-corrected chi connectivity index (χ2v) is 4.73. The van der Waals surface area contributed by atoms with E-state index >= 15 is 0 Å². The molecular formula is C12H9BrN6O. The quantitative estimate of drug-likeness (QED) is 0.566. The topological polar surface area (TPSA) is 92.0 Å². The van der Waals surface area contributed by atoms with Crippen LogP contribution in [0.4, 0.5) is 5.95 Å². The molecule has 100 valence electrons. The van der Waals surface area contributed by atoms with Crippen molar-refractivity contribution in [3.05, 3.63) is 46.6 Å². The van der Waals surface area contributed by atoms with Crippen molar-refractivity contribution in [2.75, 3.05) is 5.43 Å². The summed E-state index contributed by atoms with van der Waals surface area (Å²) in [6.07, 6.45) is 1.54. The van der Waals surface area contributed by atoms with Crippen LogP contribution in [0.3, 0.4) is 0 Å². The molecule has 0 saturated heterocycles. The lowest BCUT2D eigenvalue weighted by atomic mass is 10.2. The highest BCUT2D eigenvalue weighted by atomic mass is 79.9. The fourth-order valence-corrected chi connectivity index (χ4v) is 1.98. The first kappa shape index (κ1) is 12.5. The van der Waals surface area contributed by atoms with Crippen LogP contribution in [0.25, 0.3) is 11.3 Å². The van der Waals surface area contributed by atoms with Crippen LogP contribution in [-0.4, -0.2) is 26.8 Å². The molecule has 0 aliphatic carbocycles. The Labute approximate surface area is 122 Å². The van der Waals surface area contributed by atoms with Crippen LogP contribution >= 0.6 is 15.9 Å². The first-order chi connectivity index (χ1) is 9.81. The number of nitrogens with one attached hydrogen (secondary N) is 2. The normalized spacial score (nSPS) is 11.1. The molecule has 0 saturated carbocycles. The van der Waals surface area contributed by atoms with Crippen molar-refractivity contribution in [3.8, 4) is 11.3 Å². The average molecular weight is 333 g/mol. The zero-order valence-electron chi connectivity index (χ0n) is 10.1. The average Bonchev–Trinajstić information content (AvgIpc) is 3.10. The number of anilines is 1. The Morgan fingerprint density at radius 1 is 1.30 bits per heavy atom. The van der Waals surface area contributed by atoms with Gasteiger partial charge in [-0.05, 0) is 29.5 Å². The summed E-state index contributed by atoms with van der Waals surface area (Å²) in [5.74, 6) is 1.68. The summed E-state index contributed by atoms with van der Waals surface area (Å²) in [4.78, 5) is 0. The summed E-state index contributed by atoms with van der Waals surface area (Å²) < 4.78 is 6.67. The SMILES string of the molecule is Brc1cccc(-c2ccc(/C=N/Nc3nn[nH]n3)o2)c1. The van der Waals surface area contributed by atoms with Crippen molar-refractivity contribution in [3.63, 3.8) is 0 Å². The number of halogens is 1. The molecule has 0 radical (unpaired) electrons.